The Morgan fingerprint density at radius 1 is 1.10 bits per heavy atom. The van der Waals surface area contributed by atoms with E-state index in [2.05, 4.69) is 12.2 Å². The molecule has 0 saturated carbocycles. The lowest BCUT2D eigenvalue weighted by Crippen LogP contribution is -2.52. The van der Waals surface area contributed by atoms with Crippen molar-refractivity contribution in [1.29, 1.82) is 0 Å². The molecule has 0 bridgehead atoms. The van der Waals surface area contributed by atoms with Crippen LogP contribution in [0.5, 0.6) is 11.5 Å². The predicted molar refractivity (Wildman–Crippen MR) is 115 cm³/mol. The van der Waals surface area contributed by atoms with E-state index in [0.29, 0.717) is 56.4 Å². The Morgan fingerprint density at radius 2 is 1.83 bits per heavy atom. The summed E-state index contributed by atoms with van der Waals surface area (Å²) < 4.78 is 39.9. The number of rotatable bonds is 7. The molecule has 0 radical (unpaired) electrons. The van der Waals surface area contributed by atoms with Gasteiger partial charge in [-0.05, 0) is 37.7 Å². The van der Waals surface area contributed by atoms with Crippen LogP contribution in [0.4, 0.5) is 0 Å². The maximum Gasteiger partial charge on any atom is 0.281 e. The smallest absolute Gasteiger partial charge is 0.281 e. The summed E-state index contributed by atoms with van der Waals surface area (Å²) in [5.41, 5.74) is 0.813. The van der Waals surface area contributed by atoms with Gasteiger partial charge in [-0.1, -0.05) is 19.1 Å². The Labute approximate surface area is 179 Å². The van der Waals surface area contributed by atoms with Crippen LogP contribution in [-0.2, 0) is 21.5 Å². The Hall–Kier alpha value is -1.84. The summed E-state index contributed by atoms with van der Waals surface area (Å²) >= 11 is 0. The van der Waals surface area contributed by atoms with Crippen LogP contribution in [-0.4, -0.2) is 63.3 Å². The molecular weight excluding hydrogens is 406 g/mol. The quantitative estimate of drug-likeness (QED) is 0.702. The van der Waals surface area contributed by atoms with Crippen molar-refractivity contribution in [3.05, 3.63) is 23.8 Å². The standard InChI is InChI=1S/C21H33N3O5S/c1-16-9-12-23(13-10-16)30(26,27)24-11-5-7-18(15-24)21(25)22-14-17-6-4-8-19(28-2)20(17)29-3/h4,6,8,16,18H,5,7,9-15H2,1-3H3,(H,22,25)/t18-/m1/s1. The number of carbonyl (C=O) groups is 1. The Morgan fingerprint density at radius 3 is 2.50 bits per heavy atom. The molecule has 2 heterocycles. The summed E-state index contributed by atoms with van der Waals surface area (Å²) in [5.74, 6) is 1.27. The van der Waals surface area contributed by atoms with E-state index < -0.39 is 10.2 Å². The monoisotopic (exact) mass is 439 g/mol. The number of methoxy groups -OCH3 is 2. The maximum atomic E-state index is 13.0. The third-order valence-corrected chi connectivity index (χ3v) is 8.09. The van der Waals surface area contributed by atoms with Gasteiger partial charge in [0.2, 0.25) is 5.91 Å². The van der Waals surface area contributed by atoms with Crippen molar-refractivity contribution in [2.75, 3.05) is 40.4 Å². The highest BCUT2D eigenvalue weighted by atomic mass is 32.2. The molecule has 2 fully saturated rings. The number of benzene rings is 1. The molecule has 8 nitrogen and oxygen atoms in total. The van der Waals surface area contributed by atoms with E-state index in [4.69, 9.17) is 9.47 Å². The van der Waals surface area contributed by atoms with Crippen LogP contribution >= 0.6 is 0 Å². The molecule has 2 saturated heterocycles. The minimum Gasteiger partial charge on any atom is -0.493 e. The summed E-state index contributed by atoms with van der Waals surface area (Å²) in [6.07, 6.45) is 3.15. The molecular formula is C21H33N3O5S. The molecule has 1 aromatic carbocycles. The van der Waals surface area contributed by atoms with E-state index in [9.17, 15) is 13.2 Å². The van der Waals surface area contributed by atoms with E-state index in [1.807, 2.05) is 12.1 Å². The van der Waals surface area contributed by atoms with Gasteiger partial charge in [-0.3, -0.25) is 4.79 Å². The van der Waals surface area contributed by atoms with Crippen molar-refractivity contribution >= 4 is 16.1 Å². The second-order valence-electron chi connectivity index (χ2n) is 8.16. The number of hydrogen-bond acceptors (Lipinski definition) is 5. The van der Waals surface area contributed by atoms with E-state index in [1.54, 1.807) is 24.6 Å². The first-order valence-electron chi connectivity index (χ1n) is 10.6. The zero-order valence-corrected chi connectivity index (χ0v) is 18.9. The van der Waals surface area contributed by atoms with E-state index in [-0.39, 0.29) is 18.4 Å². The second kappa shape index (κ2) is 9.98. The normalized spacial score (nSPS) is 21.9. The Bertz CT molecular complexity index is 837. The van der Waals surface area contributed by atoms with Crippen molar-refractivity contribution in [3.8, 4) is 11.5 Å². The lowest BCUT2D eigenvalue weighted by molar-refractivity contribution is -0.126. The molecule has 9 heteroatoms. The predicted octanol–water partition coefficient (Wildman–Crippen LogP) is 2.01. The van der Waals surface area contributed by atoms with Crippen molar-refractivity contribution in [3.63, 3.8) is 0 Å². The number of para-hydroxylation sites is 1. The molecule has 1 atom stereocenters. The van der Waals surface area contributed by atoms with Gasteiger partial charge in [0.15, 0.2) is 11.5 Å². The average molecular weight is 440 g/mol. The first-order valence-corrected chi connectivity index (χ1v) is 12.0. The molecule has 0 aromatic heterocycles. The van der Waals surface area contributed by atoms with Crippen molar-refractivity contribution in [2.24, 2.45) is 11.8 Å². The zero-order valence-electron chi connectivity index (χ0n) is 18.1. The summed E-state index contributed by atoms with van der Waals surface area (Å²) in [6.45, 7) is 4.28. The highest BCUT2D eigenvalue weighted by molar-refractivity contribution is 7.86. The summed E-state index contributed by atoms with van der Waals surface area (Å²) in [5, 5.41) is 2.94. The molecule has 2 aliphatic rings. The van der Waals surface area contributed by atoms with E-state index in [0.717, 1.165) is 18.4 Å². The number of piperidine rings is 2. The van der Waals surface area contributed by atoms with Crippen molar-refractivity contribution in [1.82, 2.24) is 13.9 Å². The third-order valence-electron chi connectivity index (χ3n) is 6.09. The van der Waals surface area contributed by atoms with Crippen molar-refractivity contribution < 1.29 is 22.7 Å². The van der Waals surface area contributed by atoms with Gasteiger partial charge in [-0.25, -0.2) is 0 Å². The second-order valence-corrected chi connectivity index (χ2v) is 10.1. The molecule has 168 valence electrons. The van der Waals surface area contributed by atoms with Crippen LogP contribution in [0.25, 0.3) is 0 Å². The molecule has 0 spiro atoms. The Balaban J connectivity index is 1.61. The fourth-order valence-electron chi connectivity index (χ4n) is 4.16. The van der Waals surface area contributed by atoms with Crippen LogP contribution in [0.3, 0.4) is 0 Å². The van der Waals surface area contributed by atoms with Crippen molar-refractivity contribution in [2.45, 2.75) is 39.2 Å². The summed E-state index contributed by atoms with van der Waals surface area (Å²) in [6, 6.07) is 5.52. The molecule has 0 aliphatic carbocycles. The number of hydrogen-bond donors (Lipinski definition) is 1. The summed E-state index contributed by atoms with van der Waals surface area (Å²) in [4.78, 5) is 12.8. The number of nitrogens with one attached hydrogen (secondary N) is 1. The minimum absolute atomic E-state index is 0.132. The fraction of sp³-hybridized carbons (Fsp3) is 0.667. The summed E-state index contributed by atoms with van der Waals surface area (Å²) in [7, 11) is -0.378. The first kappa shape index (κ1) is 22.8. The average Bonchev–Trinajstić information content (AvgIpc) is 2.77. The highest BCUT2D eigenvalue weighted by Crippen LogP contribution is 2.31. The topological polar surface area (TPSA) is 88.2 Å². The third kappa shape index (κ3) is 5.07. The van der Waals surface area contributed by atoms with Crippen LogP contribution in [0.15, 0.2) is 18.2 Å². The van der Waals surface area contributed by atoms with Gasteiger partial charge in [0.1, 0.15) is 0 Å². The van der Waals surface area contributed by atoms with Gasteiger partial charge < -0.3 is 14.8 Å². The van der Waals surface area contributed by atoms with Gasteiger partial charge in [-0.15, -0.1) is 0 Å². The van der Waals surface area contributed by atoms with Gasteiger partial charge >= 0.3 is 0 Å². The van der Waals surface area contributed by atoms with Crippen LogP contribution in [0.2, 0.25) is 0 Å². The molecule has 1 aromatic rings. The van der Waals surface area contributed by atoms with Crippen LogP contribution < -0.4 is 14.8 Å². The molecule has 3 rings (SSSR count). The minimum atomic E-state index is -3.51. The maximum absolute atomic E-state index is 13.0. The number of carbonyl (C=O) groups excluding carboxylic acids is 1. The van der Waals surface area contributed by atoms with E-state index in [1.165, 1.54) is 4.31 Å². The van der Waals surface area contributed by atoms with Gasteiger partial charge in [0.25, 0.3) is 10.2 Å². The van der Waals surface area contributed by atoms with E-state index >= 15 is 0 Å². The molecule has 30 heavy (non-hydrogen) atoms. The number of amides is 1. The lowest BCUT2D eigenvalue weighted by atomic mass is 9.98. The zero-order chi connectivity index (χ0) is 21.7. The largest absolute Gasteiger partial charge is 0.493 e. The number of nitrogens with zero attached hydrogens (tertiary/aromatic N) is 2. The van der Waals surface area contributed by atoms with Crippen LogP contribution in [0, 0.1) is 11.8 Å². The van der Waals surface area contributed by atoms with Gasteiger partial charge in [-0.2, -0.15) is 17.0 Å². The number of ether oxygens (including phenoxy) is 2. The Kier molecular flexibility index (Phi) is 7.60. The van der Waals surface area contributed by atoms with Gasteiger partial charge in [0, 0.05) is 38.3 Å². The molecule has 0 unspecified atom stereocenters. The molecule has 1 amide bonds. The first-order chi connectivity index (χ1) is 14.4. The SMILES string of the molecule is COc1cccc(CNC(=O)[C@@H]2CCCN(S(=O)(=O)N3CCC(C)CC3)C2)c1OC. The molecule has 2 aliphatic heterocycles. The van der Waals surface area contributed by atoms with Crippen LogP contribution in [0.1, 0.15) is 38.2 Å². The highest BCUT2D eigenvalue weighted by Gasteiger charge is 2.37. The lowest BCUT2D eigenvalue weighted by Gasteiger charge is -2.37. The fourth-order valence-corrected chi connectivity index (χ4v) is 5.89. The van der Waals surface area contributed by atoms with Gasteiger partial charge in [0.05, 0.1) is 20.1 Å². The molecule has 1 N–H and O–H groups in total.